The van der Waals surface area contributed by atoms with Crippen LogP contribution >= 0.6 is 0 Å². The minimum absolute atomic E-state index is 0.137. The van der Waals surface area contributed by atoms with Gasteiger partial charge in [-0.2, -0.15) is 0 Å². The third-order valence-electron chi connectivity index (χ3n) is 4.44. The standard InChI is InChI=1S/C19H20N2O2/c1-15-19(21(22)23)14-18(13-12-16-8-4-2-5-9-16)20(15)17-10-6-3-7-11-17/h2-11,18H,12-14H2,1H3. The van der Waals surface area contributed by atoms with E-state index in [1.165, 1.54) is 5.56 Å². The number of aryl methyl sites for hydroxylation is 1. The first-order valence-corrected chi connectivity index (χ1v) is 7.89. The maximum atomic E-state index is 11.3. The maximum absolute atomic E-state index is 11.3. The van der Waals surface area contributed by atoms with Crippen LogP contribution in [0.1, 0.15) is 25.3 Å². The lowest BCUT2D eigenvalue weighted by molar-refractivity contribution is -0.428. The summed E-state index contributed by atoms with van der Waals surface area (Å²) in [7, 11) is 0. The fraction of sp³-hybridized carbons (Fsp3) is 0.263. The fourth-order valence-corrected chi connectivity index (χ4v) is 3.28. The molecule has 1 atom stereocenters. The minimum Gasteiger partial charge on any atom is -0.336 e. The van der Waals surface area contributed by atoms with E-state index in [4.69, 9.17) is 0 Å². The molecule has 3 rings (SSSR count). The van der Waals surface area contributed by atoms with Crippen molar-refractivity contribution in [2.75, 3.05) is 4.90 Å². The van der Waals surface area contributed by atoms with Gasteiger partial charge in [0, 0.05) is 11.7 Å². The predicted molar refractivity (Wildman–Crippen MR) is 91.8 cm³/mol. The number of para-hydroxylation sites is 1. The highest BCUT2D eigenvalue weighted by Crippen LogP contribution is 2.35. The lowest BCUT2D eigenvalue weighted by Crippen LogP contribution is -2.29. The van der Waals surface area contributed by atoms with E-state index in [9.17, 15) is 10.1 Å². The first-order valence-electron chi connectivity index (χ1n) is 7.89. The van der Waals surface area contributed by atoms with Gasteiger partial charge in [-0.25, -0.2) is 0 Å². The third kappa shape index (κ3) is 3.26. The monoisotopic (exact) mass is 308 g/mol. The molecular formula is C19H20N2O2. The van der Waals surface area contributed by atoms with Gasteiger partial charge in [0.15, 0.2) is 0 Å². The number of benzene rings is 2. The predicted octanol–water partition coefficient (Wildman–Crippen LogP) is 4.41. The van der Waals surface area contributed by atoms with Crippen LogP contribution in [0.2, 0.25) is 0 Å². The average molecular weight is 308 g/mol. The summed E-state index contributed by atoms with van der Waals surface area (Å²) in [6, 6.07) is 20.4. The Kier molecular flexibility index (Phi) is 4.42. The Morgan fingerprint density at radius 2 is 1.70 bits per heavy atom. The quantitative estimate of drug-likeness (QED) is 0.607. The maximum Gasteiger partial charge on any atom is 0.267 e. The number of rotatable bonds is 5. The molecular weight excluding hydrogens is 288 g/mol. The van der Waals surface area contributed by atoms with Crippen LogP contribution in [0.5, 0.6) is 0 Å². The van der Waals surface area contributed by atoms with E-state index in [1.807, 2.05) is 55.5 Å². The Bertz CT molecular complexity index is 711. The van der Waals surface area contributed by atoms with Crippen molar-refractivity contribution < 1.29 is 4.92 Å². The summed E-state index contributed by atoms with van der Waals surface area (Å²) in [6.07, 6.45) is 2.32. The zero-order chi connectivity index (χ0) is 16.2. The molecule has 0 aromatic heterocycles. The van der Waals surface area contributed by atoms with Crippen molar-refractivity contribution in [3.05, 3.63) is 87.7 Å². The summed E-state index contributed by atoms with van der Waals surface area (Å²) in [6.45, 7) is 1.85. The number of hydrogen-bond donors (Lipinski definition) is 0. The van der Waals surface area contributed by atoms with Gasteiger partial charge < -0.3 is 4.90 Å². The molecule has 0 bridgehead atoms. The molecule has 0 N–H and O–H groups in total. The minimum atomic E-state index is -0.228. The van der Waals surface area contributed by atoms with Gasteiger partial charge in [0.25, 0.3) is 5.70 Å². The molecule has 2 aromatic carbocycles. The number of nitrogens with zero attached hydrogens (tertiary/aromatic N) is 2. The second-order valence-electron chi connectivity index (χ2n) is 5.88. The van der Waals surface area contributed by atoms with Crippen LogP contribution in [0, 0.1) is 10.1 Å². The van der Waals surface area contributed by atoms with Gasteiger partial charge in [0.05, 0.1) is 17.0 Å². The van der Waals surface area contributed by atoms with Gasteiger partial charge in [-0.3, -0.25) is 10.1 Å². The normalized spacial score (nSPS) is 17.6. The van der Waals surface area contributed by atoms with Crippen LogP contribution in [-0.2, 0) is 6.42 Å². The van der Waals surface area contributed by atoms with E-state index in [0.29, 0.717) is 12.1 Å². The van der Waals surface area contributed by atoms with Crippen molar-refractivity contribution >= 4 is 5.69 Å². The summed E-state index contributed by atoms with van der Waals surface area (Å²) < 4.78 is 0. The van der Waals surface area contributed by atoms with Gasteiger partial charge in [0.2, 0.25) is 0 Å². The van der Waals surface area contributed by atoms with Crippen molar-refractivity contribution in [1.29, 1.82) is 0 Å². The van der Waals surface area contributed by atoms with E-state index >= 15 is 0 Å². The van der Waals surface area contributed by atoms with Crippen LogP contribution in [-0.4, -0.2) is 11.0 Å². The van der Waals surface area contributed by atoms with Gasteiger partial charge in [-0.15, -0.1) is 0 Å². The van der Waals surface area contributed by atoms with Gasteiger partial charge in [-0.1, -0.05) is 48.5 Å². The lowest BCUT2D eigenvalue weighted by Gasteiger charge is -2.27. The second-order valence-corrected chi connectivity index (χ2v) is 5.88. The van der Waals surface area contributed by atoms with Crippen LogP contribution in [0.4, 0.5) is 5.69 Å². The molecule has 4 nitrogen and oxygen atoms in total. The molecule has 118 valence electrons. The molecule has 0 radical (unpaired) electrons. The number of anilines is 1. The SMILES string of the molecule is CC1=C([N+](=O)[O-])CC(CCc2ccccc2)N1c1ccccc1. The molecule has 0 amide bonds. The molecule has 0 spiro atoms. The molecule has 0 saturated heterocycles. The highest BCUT2D eigenvalue weighted by molar-refractivity contribution is 5.55. The molecule has 1 heterocycles. The van der Waals surface area contributed by atoms with Gasteiger partial charge >= 0.3 is 0 Å². The van der Waals surface area contributed by atoms with E-state index < -0.39 is 0 Å². The van der Waals surface area contributed by atoms with Crippen LogP contribution in [0.15, 0.2) is 72.1 Å². The Hall–Kier alpha value is -2.62. The smallest absolute Gasteiger partial charge is 0.267 e. The average Bonchev–Trinajstić information content (AvgIpc) is 2.91. The van der Waals surface area contributed by atoms with E-state index in [2.05, 4.69) is 17.0 Å². The number of hydrogen-bond acceptors (Lipinski definition) is 3. The van der Waals surface area contributed by atoms with Gasteiger partial charge in [0.1, 0.15) is 0 Å². The van der Waals surface area contributed by atoms with Crippen LogP contribution < -0.4 is 4.90 Å². The highest BCUT2D eigenvalue weighted by Gasteiger charge is 2.36. The molecule has 1 unspecified atom stereocenters. The van der Waals surface area contributed by atoms with Crippen molar-refractivity contribution in [2.45, 2.75) is 32.2 Å². The number of allylic oxidation sites excluding steroid dienone is 1. The van der Waals surface area contributed by atoms with Crippen molar-refractivity contribution in [3.63, 3.8) is 0 Å². The summed E-state index contributed by atoms with van der Waals surface area (Å²) in [4.78, 5) is 13.2. The molecule has 2 aromatic rings. The Morgan fingerprint density at radius 1 is 1.09 bits per heavy atom. The summed E-state index contributed by atoms with van der Waals surface area (Å²) in [5.74, 6) is 0. The highest BCUT2D eigenvalue weighted by atomic mass is 16.6. The topological polar surface area (TPSA) is 46.4 Å². The molecule has 1 aliphatic rings. The number of nitro groups is 1. The zero-order valence-corrected chi connectivity index (χ0v) is 13.2. The fourth-order valence-electron chi connectivity index (χ4n) is 3.28. The van der Waals surface area contributed by atoms with Gasteiger partial charge in [-0.05, 0) is 37.5 Å². The first kappa shape index (κ1) is 15.3. The van der Waals surface area contributed by atoms with Crippen LogP contribution in [0.3, 0.4) is 0 Å². The zero-order valence-electron chi connectivity index (χ0n) is 13.2. The van der Waals surface area contributed by atoms with Crippen LogP contribution in [0.25, 0.3) is 0 Å². The largest absolute Gasteiger partial charge is 0.336 e. The Balaban J connectivity index is 1.83. The summed E-state index contributed by atoms with van der Waals surface area (Å²) in [5, 5.41) is 11.3. The first-order chi connectivity index (χ1) is 11.2. The Labute approximate surface area is 136 Å². The van der Waals surface area contributed by atoms with Crippen molar-refractivity contribution in [2.24, 2.45) is 0 Å². The van der Waals surface area contributed by atoms with E-state index in [0.717, 1.165) is 24.2 Å². The molecule has 0 aliphatic carbocycles. The Morgan fingerprint density at radius 3 is 2.30 bits per heavy atom. The molecule has 0 fully saturated rings. The molecule has 1 aliphatic heterocycles. The van der Waals surface area contributed by atoms with E-state index in [-0.39, 0.29) is 11.0 Å². The third-order valence-corrected chi connectivity index (χ3v) is 4.44. The summed E-state index contributed by atoms with van der Waals surface area (Å²) in [5.41, 5.74) is 3.40. The van der Waals surface area contributed by atoms with E-state index in [1.54, 1.807) is 0 Å². The van der Waals surface area contributed by atoms with Crippen molar-refractivity contribution in [3.8, 4) is 0 Å². The summed E-state index contributed by atoms with van der Waals surface area (Å²) >= 11 is 0. The van der Waals surface area contributed by atoms with Crippen molar-refractivity contribution in [1.82, 2.24) is 0 Å². The molecule has 4 heteroatoms. The lowest BCUT2D eigenvalue weighted by atomic mass is 10.0. The second kappa shape index (κ2) is 6.65. The molecule has 0 saturated carbocycles. The molecule has 23 heavy (non-hydrogen) atoms.